The number of carbonyl (C=O) groups excluding carboxylic acids is 1. The first-order valence-electron chi connectivity index (χ1n) is 9.28. The SMILES string of the molecule is CCc1ccccc1N1CSC2=C(C#N)C(c3cccc(F)c3)CC(=O)N2C1. The van der Waals surface area contributed by atoms with Crippen LogP contribution in [-0.2, 0) is 11.2 Å². The van der Waals surface area contributed by atoms with Crippen molar-refractivity contribution in [3.05, 3.63) is 76.1 Å². The van der Waals surface area contributed by atoms with Gasteiger partial charge in [-0.15, -0.1) is 0 Å². The van der Waals surface area contributed by atoms with Gasteiger partial charge in [-0.3, -0.25) is 9.69 Å². The lowest BCUT2D eigenvalue weighted by atomic mass is 9.86. The molecule has 0 spiro atoms. The van der Waals surface area contributed by atoms with Crippen LogP contribution in [0.1, 0.15) is 30.4 Å². The smallest absolute Gasteiger partial charge is 0.229 e. The average Bonchev–Trinajstić information content (AvgIpc) is 2.73. The number of fused-ring (bicyclic) bond motifs is 1. The van der Waals surface area contributed by atoms with Crippen molar-refractivity contribution in [2.45, 2.75) is 25.7 Å². The molecule has 2 aromatic rings. The van der Waals surface area contributed by atoms with E-state index in [2.05, 4.69) is 30.0 Å². The molecule has 0 aliphatic carbocycles. The number of hydrogen-bond acceptors (Lipinski definition) is 4. The van der Waals surface area contributed by atoms with E-state index in [1.54, 1.807) is 17.0 Å². The van der Waals surface area contributed by atoms with Gasteiger partial charge in [-0.05, 0) is 35.7 Å². The standard InChI is InChI=1S/C22H20FN3OS/c1-2-15-6-3-4-9-20(15)25-13-26-21(27)11-18(16-7-5-8-17(23)10-16)19(12-24)22(26)28-14-25/h3-10,18H,2,11,13-14H2,1H3. The summed E-state index contributed by atoms with van der Waals surface area (Å²) in [5.74, 6) is -0.110. The first-order valence-corrected chi connectivity index (χ1v) is 10.3. The van der Waals surface area contributed by atoms with Crippen molar-refractivity contribution in [1.29, 1.82) is 5.26 Å². The maximum atomic E-state index is 13.7. The molecule has 0 aromatic heterocycles. The molecule has 6 heteroatoms. The van der Waals surface area contributed by atoms with E-state index in [1.807, 2.05) is 12.1 Å². The number of amides is 1. The van der Waals surface area contributed by atoms with E-state index in [9.17, 15) is 14.4 Å². The number of nitrogens with zero attached hydrogens (tertiary/aromatic N) is 3. The Morgan fingerprint density at radius 3 is 2.82 bits per heavy atom. The third kappa shape index (κ3) is 3.27. The van der Waals surface area contributed by atoms with Gasteiger partial charge in [0.25, 0.3) is 0 Å². The molecule has 142 valence electrons. The number of allylic oxidation sites excluding steroid dienone is 1. The van der Waals surface area contributed by atoms with Crippen molar-refractivity contribution in [3.63, 3.8) is 0 Å². The normalized spacial score (nSPS) is 19.5. The molecule has 0 radical (unpaired) electrons. The average molecular weight is 393 g/mol. The Morgan fingerprint density at radius 1 is 1.25 bits per heavy atom. The largest absolute Gasteiger partial charge is 0.343 e. The van der Waals surface area contributed by atoms with Gasteiger partial charge in [-0.1, -0.05) is 49.0 Å². The van der Waals surface area contributed by atoms with Crippen molar-refractivity contribution in [3.8, 4) is 6.07 Å². The molecule has 28 heavy (non-hydrogen) atoms. The van der Waals surface area contributed by atoms with E-state index in [1.165, 1.54) is 29.5 Å². The fraction of sp³-hybridized carbons (Fsp3) is 0.273. The van der Waals surface area contributed by atoms with E-state index >= 15 is 0 Å². The maximum Gasteiger partial charge on any atom is 0.229 e. The zero-order chi connectivity index (χ0) is 19.7. The van der Waals surface area contributed by atoms with E-state index in [0.717, 1.165) is 12.1 Å². The van der Waals surface area contributed by atoms with E-state index in [-0.39, 0.29) is 24.1 Å². The monoisotopic (exact) mass is 393 g/mol. The molecule has 0 N–H and O–H groups in total. The lowest BCUT2D eigenvalue weighted by Gasteiger charge is -2.42. The number of hydrogen-bond donors (Lipinski definition) is 0. The second-order valence-electron chi connectivity index (χ2n) is 6.90. The minimum atomic E-state index is -0.388. The Kier molecular flexibility index (Phi) is 5.10. The van der Waals surface area contributed by atoms with Crippen LogP contribution in [0.2, 0.25) is 0 Å². The molecule has 2 heterocycles. The predicted molar refractivity (Wildman–Crippen MR) is 109 cm³/mol. The third-order valence-corrected chi connectivity index (χ3v) is 6.41. The highest BCUT2D eigenvalue weighted by Crippen LogP contribution is 2.43. The quantitative estimate of drug-likeness (QED) is 0.764. The summed E-state index contributed by atoms with van der Waals surface area (Å²) in [7, 11) is 0. The molecular weight excluding hydrogens is 373 g/mol. The number of halogens is 1. The molecule has 2 aliphatic heterocycles. The highest BCUT2D eigenvalue weighted by atomic mass is 32.2. The molecule has 1 fully saturated rings. The van der Waals surface area contributed by atoms with Crippen LogP contribution in [-0.4, -0.2) is 23.4 Å². The van der Waals surface area contributed by atoms with Crippen LogP contribution >= 0.6 is 11.8 Å². The summed E-state index contributed by atoms with van der Waals surface area (Å²) >= 11 is 1.50. The van der Waals surface area contributed by atoms with Gasteiger partial charge in [0.2, 0.25) is 5.91 Å². The molecule has 2 aromatic carbocycles. The number of anilines is 1. The maximum absolute atomic E-state index is 13.7. The molecule has 0 bridgehead atoms. The van der Waals surface area contributed by atoms with Crippen LogP contribution in [0, 0.1) is 17.1 Å². The van der Waals surface area contributed by atoms with Gasteiger partial charge in [0.05, 0.1) is 29.2 Å². The van der Waals surface area contributed by atoms with Crippen LogP contribution in [0.5, 0.6) is 0 Å². The topological polar surface area (TPSA) is 47.3 Å². The van der Waals surface area contributed by atoms with Crippen molar-refractivity contribution in [2.24, 2.45) is 0 Å². The summed E-state index contributed by atoms with van der Waals surface area (Å²) in [6.45, 7) is 2.55. The number of benzene rings is 2. The highest BCUT2D eigenvalue weighted by molar-refractivity contribution is 8.03. The van der Waals surface area contributed by atoms with Crippen LogP contribution in [0.4, 0.5) is 10.1 Å². The molecule has 2 aliphatic rings. The summed E-state index contributed by atoms with van der Waals surface area (Å²) in [6, 6.07) is 16.7. The van der Waals surface area contributed by atoms with Crippen LogP contribution in [0.15, 0.2) is 59.1 Å². The number of rotatable bonds is 3. The minimum Gasteiger partial charge on any atom is -0.343 e. The van der Waals surface area contributed by atoms with E-state index in [0.29, 0.717) is 28.7 Å². The van der Waals surface area contributed by atoms with E-state index in [4.69, 9.17) is 0 Å². The molecule has 1 amide bonds. The number of aryl methyl sites for hydroxylation is 1. The lowest BCUT2D eigenvalue weighted by molar-refractivity contribution is -0.129. The summed E-state index contributed by atoms with van der Waals surface area (Å²) in [5.41, 5.74) is 3.59. The van der Waals surface area contributed by atoms with Crippen molar-refractivity contribution in [2.75, 3.05) is 17.4 Å². The number of carbonyl (C=O) groups is 1. The number of para-hydroxylation sites is 1. The first-order chi connectivity index (χ1) is 13.6. The molecule has 1 saturated heterocycles. The number of nitriles is 1. The van der Waals surface area contributed by atoms with E-state index < -0.39 is 0 Å². The van der Waals surface area contributed by atoms with Crippen LogP contribution in [0.25, 0.3) is 0 Å². The second kappa shape index (κ2) is 7.69. The summed E-state index contributed by atoms with van der Waals surface area (Å²) < 4.78 is 13.7. The van der Waals surface area contributed by atoms with Gasteiger partial charge in [-0.2, -0.15) is 5.26 Å². The minimum absolute atomic E-state index is 0.0329. The second-order valence-corrected chi connectivity index (χ2v) is 7.83. The summed E-state index contributed by atoms with van der Waals surface area (Å²) in [5, 5.41) is 10.5. The highest BCUT2D eigenvalue weighted by Gasteiger charge is 2.38. The Balaban J connectivity index is 1.68. The first kappa shape index (κ1) is 18.6. The Morgan fingerprint density at radius 2 is 2.07 bits per heavy atom. The van der Waals surface area contributed by atoms with Gasteiger partial charge < -0.3 is 4.90 Å². The van der Waals surface area contributed by atoms with Crippen molar-refractivity contribution in [1.82, 2.24) is 4.90 Å². The fourth-order valence-electron chi connectivity index (χ4n) is 3.84. The third-order valence-electron chi connectivity index (χ3n) is 5.26. The molecule has 4 nitrogen and oxygen atoms in total. The summed E-state index contributed by atoms with van der Waals surface area (Å²) in [4.78, 5) is 16.8. The van der Waals surface area contributed by atoms with Gasteiger partial charge >= 0.3 is 0 Å². The Bertz CT molecular complexity index is 997. The molecule has 1 atom stereocenters. The zero-order valence-electron chi connectivity index (χ0n) is 15.6. The molecule has 1 unspecified atom stereocenters. The number of thioether (sulfide) groups is 1. The Hall–Kier alpha value is -2.78. The summed E-state index contributed by atoms with van der Waals surface area (Å²) in [6.07, 6.45) is 1.10. The molecule has 4 rings (SSSR count). The van der Waals surface area contributed by atoms with Gasteiger partial charge in [0.15, 0.2) is 0 Å². The fourth-order valence-corrected chi connectivity index (χ4v) is 5.00. The van der Waals surface area contributed by atoms with Gasteiger partial charge in [-0.25, -0.2) is 4.39 Å². The lowest BCUT2D eigenvalue weighted by Crippen LogP contribution is -2.47. The van der Waals surface area contributed by atoms with Crippen molar-refractivity contribution < 1.29 is 9.18 Å². The van der Waals surface area contributed by atoms with Gasteiger partial charge in [0.1, 0.15) is 5.82 Å². The molecular formula is C22H20FN3OS. The predicted octanol–water partition coefficient (Wildman–Crippen LogP) is 4.61. The molecule has 0 saturated carbocycles. The van der Waals surface area contributed by atoms with Crippen molar-refractivity contribution >= 4 is 23.4 Å². The van der Waals surface area contributed by atoms with Crippen LogP contribution < -0.4 is 4.90 Å². The zero-order valence-corrected chi connectivity index (χ0v) is 16.4. The van der Waals surface area contributed by atoms with Crippen LogP contribution in [0.3, 0.4) is 0 Å². The van der Waals surface area contributed by atoms with Gasteiger partial charge in [0, 0.05) is 18.0 Å². The Labute approximate surface area is 168 Å².